The number of hydrogen-bond donors (Lipinski definition) is 1. The summed E-state index contributed by atoms with van der Waals surface area (Å²) in [6.07, 6.45) is 2.50. The van der Waals surface area contributed by atoms with Gasteiger partial charge >= 0.3 is 5.97 Å². The molecule has 6 heteroatoms. The molecule has 0 heterocycles. The van der Waals surface area contributed by atoms with Crippen molar-refractivity contribution in [2.75, 3.05) is 11.1 Å². The first-order valence-corrected chi connectivity index (χ1v) is 9.79. The van der Waals surface area contributed by atoms with Gasteiger partial charge in [0.05, 0.1) is 17.4 Å². The van der Waals surface area contributed by atoms with E-state index in [-0.39, 0.29) is 5.75 Å². The molecule has 0 bridgehead atoms. The van der Waals surface area contributed by atoms with Crippen LogP contribution >= 0.6 is 11.8 Å². The van der Waals surface area contributed by atoms with Crippen LogP contribution < -0.4 is 5.32 Å². The Bertz CT molecular complexity index is 905. The van der Waals surface area contributed by atoms with Crippen LogP contribution in [0.3, 0.4) is 0 Å². The zero-order valence-electron chi connectivity index (χ0n) is 15.0. The number of benzene rings is 2. The molecule has 0 saturated heterocycles. The third-order valence-electron chi connectivity index (χ3n) is 4.36. The molecule has 0 aliphatic heterocycles. The predicted octanol–water partition coefficient (Wildman–Crippen LogP) is 3.71. The highest BCUT2D eigenvalue weighted by Crippen LogP contribution is 2.27. The fourth-order valence-electron chi connectivity index (χ4n) is 2.98. The van der Waals surface area contributed by atoms with Crippen LogP contribution in [0.2, 0.25) is 0 Å². The summed E-state index contributed by atoms with van der Waals surface area (Å²) in [5.41, 5.74) is 3.70. The molecule has 1 N–H and O–H groups in total. The van der Waals surface area contributed by atoms with Gasteiger partial charge in [-0.3, -0.25) is 9.59 Å². The van der Waals surface area contributed by atoms with Crippen molar-refractivity contribution in [1.29, 1.82) is 5.26 Å². The summed E-state index contributed by atoms with van der Waals surface area (Å²) in [4.78, 5) is 25.3. The molecule has 0 fully saturated rings. The molecule has 2 aromatic rings. The number of rotatable bonds is 6. The molecule has 0 saturated carbocycles. The Hall–Kier alpha value is -2.78. The van der Waals surface area contributed by atoms with Crippen LogP contribution in [0.1, 0.15) is 30.0 Å². The molecular weight excluding hydrogens is 360 g/mol. The van der Waals surface area contributed by atoms with E-state index in [1.54, 1.807) is 24.3 Å². The average Bonchev–Trinajstić information content (AvgIpc) is 3.14. The summed E-state index contributed by atoms with van der Waals surface area (Å²) >= 11 is 1.41. The van der Waals surface area contributed by atoms with Gasteiger partial charge in [-0.15, -0.1) is 11.8 Å². The van der Waals surface area contributed by atoms with Gasteiger partial charge in [-0.05, 0) is 67.6 Å². The highest BCUT2D eigenvalue weighted by atomic mass is 32.2. The van der Waals surface area contributed by atoms with E-state index >= 15 is 0 Å². The molecule has 0 radical (unpaired) electrons. The lowest BCUT2D eigenvalue weighted by Gasteiger charge is -2.13. The number of ether oxygens (including phenoxy) is 1. The number of thioether (sulfide) groups is 1. The van der Waals surface area contributed by atoms with E-state index < -0.39 is 18.0 Å². The molecule has 3 rings (SSSR count). The average molecular weight is 380 g/mol. The Morgan fingerprint density at radius 3 is 2.85 bits per heavy atom. The summed E-state index contributed by atoms with van der Waals surface area (Å²) in [5.74, 6) is -0.713. The van der Waals surface area contributed by atoms with Crippen LogP contribution in [0.15, 0.2) is 47.4 Å². The number of nitriles is 1. The minimum Gasteiger partial charge on any atom is -0.452 e. The zero-order chi connectivity index (χ0) is 19.2. The minimum atomic E-state index is -0.913. The quantitative estimate of drug-likeness (QED) is 0.610. The van der Waals surface area contributed by atoms with Gasteiger partial charge in [0.2, 0.25) is 0 Å². The SMILES string of the molecule is CC(OC(=O)CSc1ccc2c(c1)CCC2)C(=O)Nc1cccc(C#N)c1. The number of aryl methyl sites for hydroxylation is 2. The number of amides is 1. The maximum absolute atomic E-state index is 12.2. The first-order chi connectivity index (χ1) is 13.0. The number of nitrogens with one attached hydrogen (secondary N) is 1. The van der Waals surface area contributed by atoms with Crippen LogP contribution in [0, 0.1) is 11.3 Å². The predicted molar refractivity (Wildman–Crippen MR) is 105 cm³/mol. The molecule has 1 atom stereocenters. The van der Waals surface area contributed by atoms with Gasteiger partial charge in [0.25, 0.3) is 5.91 Å². The molecule has 27 heavy (non-hydrogen) atoms. The van der Waals surface area contributed by atoms with Gasteiger partial charge < -0.3 is 10.1 Å². The van der Waals surface area contributed by atoms with Gasteiger partial charge in [-0.2, -0.15) is 5.26 Å². The summed E-state index contributed by atoms with van der Waals surface area (Å²) in [6.45, 7) is 1.53. The molecule has 1 unspecified atom stereocenters. The molecule has 1 aliphatic rings. The number of anilines is 1. The largest absolute Gasteiger partial charge is 0.452 e. The lowest BCUT2D eigenvalue weighted by molar-refractivity contribution is -0.150. The van der Waals surface area contributed by atoms with Gasteiger partial charge in [-0.1, -0.05) is 12.1 Å². The molecule has 138 valence electrons. The van der Waals surface area contributed by atoms with E-state index in [1.807, 2.05) is 12.1 Å². The number of esters is 1. The van der Waals surface area contributed by atoms with E-state index in [1.165, 1.54) is 36.2 Å². The normalized spacial score (nSPS) is 13.3. The first kappa shape index (κ1) is 19.0. The lowest BCUT2D eigenvalue weighted by atomic mass is 10.1. The molecule has 0 spiro atoms. The lowest BCUT2D eigenvalue weighted by Crippen LogP contribution is -2.30. The van der Waals surface area contributed by atoms with Crippen molar-refractivity contribution in [2.24, 2.45) is 0 Å². The van der Waals surface area contributed by atoms with Crippen LogP contribution in [0.25, 0.3) is 0 Å². The molecule has 0 aromatic heterocycles. The summed E-state index contributed by atoms with van der Waals surface area (Å²) in [6, 6.07) is 14.9. The zero-order valence-corrected chi connectivity index (χ0v) is 15.8. The second kappa shape index (κ2) is 8.74. The number of carbonyl (C=O) groups is 2. The third-order valence-corrected chi connectivity index (χ3v) is 5.33. The van der Waals surface area contributed by atoms with E-state index in [0.29, 0.717) is 11.3 Å². The molecular formula is C21H20N2O3S. The maximum Gasteiger partial charge on any atom is 0.317 e. The first-order valence-electron chi connectivity index (χ1n) is 8.80. The Balaban J connectivity index is 1.48. The topological polar surface area (TPSA) is 79.2 Å². The van der Waals surface area contributed by atoms with Gasteiger partial charge in [0.15, 0.2) is 6.10 Å². The van der Waals surface area contributed by atoms with E-state index in [0.717, 1.165) is 17.7 Å². The van der Waals surface area contributed by atoms with Crippen molar-refractivity contribution in [3.8, 4) is 6.07 Å². The second-order valence-electron chi connectivity index (χ2n) is 6.39. The van der Waals surface area contributed by atoms with E-state index in [9.17, 15) is 9.59 Å². The van der Waals surface area contributed by atoms with Crippen molar-refractivity contribution in [1.82, 2.24) is 0 Å². The molecule has 2 aromatic carbocycles. The number of nitrogens with zero attached hydrogens (tertiary/aromatic N) is 1. The minimum absolute atomic E-state index is 0.153. The van der Waals surface area contributed by atoms with Gasteiger partial charge in [-0.25, -0.2) is 0 Å². The van der Waals surface area contributed by atoms with E-state index in [4.69, 9.17) is 10.00 Å². The van der Waals surface area contributed by atoms with Gasteiger partial charge in [0, 0.05) is 10.6 Å². The monoisotopic (exact) mass is 380 g/mol. The van der Waals surface area contributed by atoms with Crippen molar-refractivity contribution < 1.29 is 14.3 Å². The summed E-state index contributed by atoms with van der Waals surface area (Å²) in [7, 11) is 0. The second-order valence-corrected chi connectivity index (χ2v) is 7.44. The van der Waals surface area contributed by atoms with Crippen molar-refractivity contribution in [3.63, 3.8) is 0 Å². The van der Waals surface area contributed by atoms with Crippen LogP contribution in [-0.4, -0.2) is 23.7 Å². The van der Waals surface area contributed by atoms with Crippen molar-refractivity contribution in [3.05, 3.63) is 59.2 Å². The highest BCUT2D eigenvalue weighted by molar-refractivity contribution is 8.00. The Kier molecular flexibility index (Phi) is 6.15. The maximum atomic E-state index is 12.2. The van der Waals surface area contributed by atoms with Gasteiger partial charge in [0.1, 0.15) is 0 Å². The smallest absolute Gasteiger partial charge is 0.317 e. The molecule has 1 aliphatic carbocycles. The fourth-order valence-corrected chi connectivity index (χ4v) is 3.72. The summed E-state index contributed by atoms with van der Waals surface area (Å²) < 4.78 is 5.22. The highest BCUT2D eigenvalue weighted by Gasteiger charge is 2.18. The Morgan fingerprint density at radius 2 is 2.04 bits per heavy atom. The van der Waals surface area contributed by atoms with E-state index in [2.05, 4.69) is 17.4 Å². The Labute approximate surface area is 162 Å². The van der Waals surface area contributed by atoms with Crippen molar-refractivity contribution in [2.45, 2.75) is 37.2 Å². The Morgan fingerprint density at radius 1 is 1.22 bits per heavy atom. The fraction of sp³-hybridized carbons (Fsp3) is 0.286. The van der Waals surface area contributed by atoms with Crippen molar-refractivity contribution >= 4 is 29.3 Å². The summed E-state index contributed by atoms with van der Waals surface area (Å²) in [5, 5.41) is 11.5. The van der Waals surface area contributed by atoms with Crippen LogP contribution in [0.4, 0.5) is 5.69 Å². The number of hydrogen-bond acceptors (Lipinski definition) is 5. The van der Waals surface area contributed by atoms with Crippen LogP contribution in [0.5, 0.6) is 0 Å². The third kappa shape index (κ3) is 5.11. The molecule has 1 amide bonds. The standard InChI is InChI=1S/C21H20N2O3S/c1-14(21(25)23-18-7-2-4-15(10-18)12-22)26-20(24)13-27-19-9-8-16-5-3-6-17(16)11-19/h2,4,7-11,14H,3,5-6,13H2,1H3,(H,23,25). The number of carbonyl (C=O) groups excluding carboxylic acids is 2. The van der Waals surface area contributed by atoms with Crippen LogP contribution in [-0.2, 0) is 27.2 Å². The molecule has 5 nitrogen and oxygen atoms in total. The number of fused-ring (bicyclic) bond motifs is 1.